The highest BCUT2D eigenvalue weighted by atomic mass is 79.9. The highest BCUT2D eigenvalue weighted by Gasteiger charge is 2.24. The van der Waals surface area contributed by atoms with Crippen LogP contribution < -0.4 is 20.6 Å². The molecule has 12 heteroatoms. The van der Waals surface area contributed by atoms with Crippen molar-refractivity contribution in [3.63, 3.8) is 0 Å². The van der Waals surface area contributed by atoms with Gasteiger partial charge in [-0.05, 0) is 51.7 Å². The molecule has 32 heavy (non-hydrogen) atoms. The van der Waals surface area contributed by atoms with Gasteiger partial charge in [-0.25, -0.2) is 9.36 Å². The summed E-state index contributed by atoms with van der Waals surface area (Å²) in [6.45, 7) is -0.403. The molecule has 170 valence electrons. The Hall–Kier alpha value is -2.69. The maximum absolute atomic E-state index is 12.4. The molecule has 1 unspecified atom stereocenters. The zero-order chi connectivity index (χ0) is 23.5. The van der Waals surface area contributed by atoms with Crippen LogP contribution in [0.5, 0.6) is 11.5 Å². The molecule has 0 amide bonds. The van der Waals surface area contributed by atoms with Gasteiger partial charge in [-0.3, -0.25) is 14.2 Å². The minimum Gasteiger partial charge on any atom is -0.495 e. The highest BCUT2D eigenvalue weighted by Crippen LogP contribution is 2.45. The number of phosphoric ester groups is 1. The Morgan fingerprint density at radius 1 is 1.25 bits per heavy atom. The van der Waals surface area contributed by atoms with E-state index in [2.05, 4.69) is 15.9 Å². The lowest BCUT2D eigenvalue weighted by Gasteiger charge is -2.14. The largest absolute Gasteiger partial charge is 0.527 e. The van der Waals surface area contributed by atoms with Gasteiger partial charge in [-0.15, -0.1) is 0 Å². The summed E-state index contributed by atoms with van der Waals surface area (Å²) in [5, 5.41) is 9.34. The van der Waals surface area contributed by atoms with Gasteiger partial charge in [-0.1, -0.05) is 12.1 Å². The van der Waals surface area contributed by atoms with E-state index in [1.54, 1.807) is 6.07 Å². The van der Waals surface area contributed by atoms with Gasteiger partial charge in [0, 0.05) is 17.5 Å². The number of benzene rings is 2. The number of halogens is 1. The summed E-state index contributed by atoms with van der Waals surface area (Å²) >= 11 is 3.34. The van der Waals surface area contributed by atoms with Crippen LogP contribution in [0, 0.1) is 0 Å². The molecule has 4 N–H and O–H groups in total. The first-order valence-corrected chi connectivity index (χ1v) is 11.4. The zero-order valence-corrected chi connectivity index (χ0v) is 19.2. The van der Waals surface area contributed by atoms with Crippen molar-refractivity contribution in [2.75, 3.05) is 7.11 Å². The molecule has 0 aliphatic rings. The summed E-state index contributed by atoms with van der Waals surface area (Å²) in [5.41, 5.74) is 5.97. The van der Waals surface area contributed by atoms with Crippen LogP contribution in [0.15, 0.2) is 56.1 Å². The minimum absolute atomic E-state index is 0.0356. The van der Waals surface area contributed by atoms with Crippen molar-refractivity contribution in [2.45, 2.75) is 19.1 Å². The molecular formula is C20H19BrNO9P. The third-order valence-electron chi connectivity index (χ3n) is 4.40. The third-order valence-corrected chi connectivity index (χ3v) is 5.92. The van der Waals surface area contributed by atoms with Crippen LogP contribution in [-0.2, 0) is 26.9 Å². The van der Waals surface area contributed by atoms with Gasteiger partial charge in [0.15, 0.2) is 0 Å². The molecule has 0 bridgehead atoms. The molecule has 0 fully saturated rings. The van der Waals surface area contributed by atoms with Crippen molar-refractivity contribution in [3.05, 3.63) is 68.5 Å². The second-order valence-corrected chi connectivity index (χ2v) is 8.93. The number of ether oxygens (including phenoxy) is 1. The maximum Gasteiger partial charge on any atom is 0.527 e. The van der Waals surface area contributed by atoms with Crippen LogP contribution in [0.1, 0.15) is 11.1 Å². The molecule has 0 spiro atoms. The Kier molecular flexibility index (Phi) is 7.37. The van der Waals surface area contributed by atoms with Crippen LogP contribution in [-0.4, -0.2) is 29.1 Å². The number of carbonyl (C=O) groups is 1. The van der Waals surface area contributed by atoms with Crippen LogP contribution in [0.25, 0.3) is 11.0 Å². The minimum atomic E-state index is -4.55. The number of methoxy groups -OCH3 is 1. The van der Waals surface area contributed by atoms with Crippen molar-refractivity contribution in [2.24, 2.45) is 5.73 Å². The van der Waals surface area contributed by atoms with Gasteiger partial charge in [0.1, 0.15) is 23.1 Å². The molecule has 10 nitrogen and oxygen atoms in total. The van der Waals surface area contributed by atoms with E-state index < -0.39 is 32.1 Å². The Balaban J connectivity index is 1.73. The Morgan fingerprint density at radius 3 is 2.56 bits per heavy atom. The SMILES string of the molecule is COc1cc2oc(=O)cc(COP(=O)(O)Oc3ccc(C[C@H](N)C(=O)O)cc3)c2cc1Br. The van der Waals surface area contributed by atoms with Crippen molar-refractivity contribution >= 4 is 40.7 Å². The first-order chi connectivity index (χ1) is 15.1. The number of nitrogens with two attached hydrogens (primary N) is 1. The number of fused-ring (bicyclic) bond motifs is 1. The van der Waals surface area contributed by atoms with Gasteiger partial charge in [0.25, 0.3) is 0 Å². The van der Waals surface area contributed by atoms with Crippen LogP contribution in [0.3, 0.4) is 0 Å². The van der Waals surface area contributed by atoms with E-state index >= 15 is 0 Å². The average molecular weight is 528 g/mol. The number of hydrogen-bond acceptors (Lipinski definition) is 8. The number of hydrogen-bond donors (Lipinski definition) is 3. The molecule has 0 saturated carbocycles. The fourth-order valence-corrected chi connectivity index (χ4v) is 4.09. The Bertz CT molecular complexity index is 1240. The van der Waals surface area contributed by atoms with E-state index in [0.717, 1.165) is 6.07 Å². The lowest BCUT2D eigenvalue weighted by Crippen LogP contribution is -2.32. The topological polar surface area (TPSA) is 159 Å². The lowest BCUT2D eigenvalue weighted by atomic mass is 10.1. The molecule has 0 aliphatic carbocycles. The van der Waals surface area contributed by atoms with Crippen molar-refractivity contribution in [1.82, 2.24) is 0 Å². The second-order valence-electron chi connectivity index (χ2n) is 6.70. The van der Waals surface area contributed by atoms with Crippen molar-refractivity contribution in [3.8, 4) is 11.5 Å². The van der Waals surface area contributed by atoms with Gasteiger partial charge < -0.3 is 24.5 Å². The van der Waals surface area contributed by atoms with E-state index in [0.29, 0.717) is 26.7 Å². The van der Waals surface area contributed by atoms with Gasteiger partial charge in [0.05, 0.1) is 18.2 Å². The van der Waals surface area contributed by atoms with Gasteiger partial charge in [0.2, 0.25) is 0 Å². The van der Waals surface area contributed by atoms with Crippen LogP contribution in [0.2, 0.25) is 0 Å². The zero-order valence-electron chi connectivity index (χ0n) is 16.7. The summed E-state index contributed by atoms with van der Waals surface area (Å²) in [6, 6.07) is 9.08. The number of carboxylic acids is 1. The fourth-order valence-electron chi connectivity index (χ4n) is 2.84. The van der Waals surface area contributed by atoms with Gasteiger partial charge in [-0.2, -0.15) is 0 Å². The van der Waals surface area contributed by atoms with E-state index in [-0.39, 0.29) is 17.8 Å². The Labute approximate surface area is 190 Å². The van der Waals surface area contributed by atoms with Crippen LogP contribution in [0.4, 0.5) is 0 Å². The summed E-state index contributed by atoms with van der Waals surface area (Å²) in [4.78, 5) is 32.8. The van der Waals surface area contributed by atoms with Crippen LogP contribution >= 0.6 is 23.8 Å². The molecule has 0 saturated heterocycles. The molecule has 2 aromatic carbocycles. The third kappa shape index (κ3) is 5.96. The highest BCUT2D eigenvalue weighted by molar-refractivity contribution is 9.10. The molecule has 0 radical (unpaired) electrons. The predicted molar refractivity (Wildman–Crippen MR) is 118 cm³/mol. The van der Waals surface area contributed by atoms with E-state index in [1.165, 1.54) is 37.4 Å². The van der Waals surface area contributed by atoms with Crippen molar-refractivity contribution < 1.29 is 37.6 Å². The summed E-state index contributed by atoms with van der Waals surface area (Å²) < 4.78 is 33.4. The second kappa shape index (κ2) is 9.85. The molecule has 2 atom stereocenters. The molecule has 1 aromatic heterocycles. The smallest absolute Gasteiger partial charge is 0.495 e. The standard InChI is InChI=1S/C20H19BrNO9P/c1-28-18-9-17-14(8-15(18)21)12(7-19(23)30-17)10-29-32(26,27)31-13-4-2-11(3-5-13)6-16(22)20(24)25/h2-5,7-9,16H,6,10,22H2,1H3,(H,24,25)(H,26,27)/t16-/m0/s1. The predicted octanol–water partition coefficient (Wildman–Crippen LogP) is 3.21. The lowest BCUT2D eigenvalue weighted by molar-refractivity contribution is -0.138. The number of rotatable bonds is 9. The molecule has 0 aliphatic heterocycles. The van der Waals surface area contributed by atoms with E-state index in [9.17, 15) is 19.0 Å². The maximum atomic E-state index is 12.4. The monoisotopic (exact) mass is 527 g/mol. The fraction of sp³-hybridized carbons (Fsp3) is 0.200. The normalized spacial score (nSPS) is 14.0. The summed E-state index contributed by atoms with van der Waals surface area (Å²) in [6.07, 6.45) is 0.0902. The summed E-state index contributed by atoms with van der Waals surface area (Å²) in [7, 11) is -3.08. The van der Waals surface area contributed by atoms with E-state index in [4.69, 9.17) is 29.0 Å². The summed E-state index contributed by atoms with van der Waals surface area (Å²) in [5.74, 6) is -0.650. The molecule has 1 heterocycles. The first-order valence-electron chi connectivity index (χ1n) is 9.12. The average Bonchev–Trinajstić information content (AvgIpc) is 2.73. The van der Waals surface area contributed by atoms with Crippen molar-refractivity contribution in [1.29, 1.82) is 0 Å². The molecule has 3 aromatic rings. The van der Waals surface area contributed by atoms with E-state index in [1.807, 2.05) is 0 Å². The molecule has 3 rings (SSSR count). The number of phosphoric acid groups is 1. The van der Waals surface area contributed by atoms with Gasteiger partial charge >= 0.3 is 19.4 Å². The first kappa shape index (κ1) is 24.0. The number of aliphatic carboxylic acids is 1. The Morgan fingerprint density at radius 2 is 1.94 bits per heavy atom. The molecular weight excluding hydrogens is 509 g/mol. The number of carboxylic acid groups (broad SMARTS) is 1. The quantitative estimate of drug-likeness (QED) is 0.278.